The normalized spacial score (nSPS) is 12.8. The lowest BCUT2D eigenvalue weighted by Gasteiger charge is -1.94. The van der Waals surface area contributed by atoms with Gasteiger partial charge < -0.3 is 4.55 Å². The molecular weight excluding hydrogens is 108 g/mol. The third kappa shape index (κ3) is 3.51. The first-order valence-electron chi connectivity index (χ1n) is 0.944. The third-order valence-corrected chi connectivity index (χ3v) is 0.335. The van der Waals surface area contributed by atoms with Crippen molar-refractivity contribution in [1.82, 2.24) is 4.83 Å². The van der Waals surface area contributed by atoms with Crippen molar-refractivity contribution in [1.29, 1.82) is 0 Å². The van der Waals surface area contributed by atoms with Crippen LogP contribution in [0.5, 0.6) is 0 Å². The molecule has 1 unspecified atom stereocenters. The van der Waals surface area contributed by atoms with Crippen molar-refractivity contribution in [3.05, 3.63) is 4.91 Å². The van der Waals surface area contributed by atoms with Crippen LogP contribution in [-0.2, 0) is 11.3 Å². The molecule has 0 aliphatic heterocycles. The Morgan fingerprint density at radius 1 is 1.83 bits per heavy atom. The van der Waals surface area contributed by atoms with E-state index in [1.54, 1.807) is 0 Å². The smallest absolute Gasteiger partial charge is 0.0639 e. The zero-order valence-electron chi connectivity index (χ0n) is 2.58. The van der Waals surface area contributed by atoms with Crippen LogP contribution in [0.15, 0.2) is 5.29 Å². The summed E-state index contributed by atoms with van der Waals surface area (Å²) in [6, 6.07) is 0. The molecule has 0 amide bonds. The molecule has 0 saturated heterocycles. The predicted molar refractivity (Wildman–Crippen MR) is 17.9 cm³/mol. The number of nitrogens with zero attached hydrogens (tertiary/aromatic N) is 1. The van der Waals surface area contributed by atoms with Crippen molar-refractivity contribution in [2.75, 3.05) is 0 Å². The maximum atomic E-state index is 9.19. The molecule has 0 fully saturated rings. The Balaban J connectivity index is 3.05. The highest BCUT2D eigenvalue weighted by Gasteiger charge is 1.66. The van der Waals surface area contributed by atoms with E-state index in [0.29, 0.717) is 0 Å². The van der Waals surface area contributed by atoms with Crippen LogP contribution in [0.3, 0.4) is 0 Å². The van der Waals surface area contributed by atoms with E-state index in [1.165, 1.54) is 4.83 Å². The first-order chi connectivity index (χ1) is 2.77. The highest BCUT2D eigenvalue weighted by atomic mass is 32.2. The van der Waals surface area contributed by atoms with Gasteiger partial charge in [-0.1, -0.05) is 0 Å². The highest BCUT2D eigenvalue weighted by molar-refractivity contribution is 7.77. The molecule has 0 rings (SSSR count). The summed E-state index contributed by atoms with van der Waals surface area (Å²) in [6.07, 6.45) is 0. The SMILES string of the molecule is O=NNS(=O)[O-]. The van der Waals surface area contributed by atoms with E-state index >= 15 is 0 Å². The Morgan fingerprint density at radius 2 is 2.33 bits per heavy atom. The van der Waals surface area contributed by atoms with E-state index in [0.717, 1.165) is 0 Å². The number of rotatable bonds is 2. The largest absolute Gasteiger partial charge is 0.754 e. The molecule has 6 heteroatoms. The second-order valence-electron chi connectivity index (χ2n) is 0.417. The van der Waals surface area contributed by atoms with Gasteiger partial charge in [0.05, 0.1) is 16.6 Å². The molecule has 0 radical (unpaired) electrons. The fraction of sp³-hybridized carbons (Fsp3) is 0. The monoisotopic (exact) mass is 109 g/mol. The maximum Gasteiger partial charge on any atom is 0.0639 e. The number of hydrogen-bond acceptors (Lipinski definition) is 4. The van der Waals surface area contributed by atoms with E-state index in [2.05, 4.69) is 0 Å². The van der Waals surface area contributed by atoms with E-state index in [-0.39, 0.29) is 0 Å². The fourth-order valence-electron chi connectivity index (χ4n) is 0.0304. The molecule has 0 bridgehead atoms. The Bertz CT molecular complexity index is 69.2. The topological polar surface area (TPSA) is 81.6 Å². The lowest BCUT2D eigenvalue weighted by molar-refractivity contribution is 0.525. The molecule has 0 aliphatic carbocycles. The number of hydrogen-bond donors (Lipinski definition) is 1. The molecule has 1 N–H and O–H groups in total. The van der Waals surface area contributed by atoms with Crippen LogP contribution in [0.25, 0.3) is 0 Å². The van der Waals surface area contributed by atoms with Gasteiger partial charge in [-0.05, 0) is 0 Å². The number of nitrogens with one attached hydrogen (secondary N) is 1. The summed E-state index contributed by atoms with van der Waals surface area (Å²) in [4.78, 5) is 10.1. The minimum atomic E-state index is -2.54. The van der Waals surface area contributed by atoms with Crippen molar-refractivity contribution in [3.63, 3.8) is 0 Å². The molecule has 0 aromatic heterocycles. The summed E-state index contributed by atoms with van der Waals surface area (Å²) in [5, 5.41) is 1.82. The first-order valence-corrected chi connectivity index (χ1v) is 2.02. The zero-order chi connectivity index (χ0) is 4.99. The predicted octanol–water partition coefficient (Wildman–Crippen LogP) is -0.949. The van der Waals surface area contributed by atoms with E-state index < -0.39 is 11.3 Å². The van der Waals surface area contributed by atoms with E-state index in [1.807, 2.05) is 5.29 Å². The second kappa shape index (κ2) is 2.73. The molecule has 1 atom stereocenters. The molecule has 6 heavy (non-hydrogen) atoms. The molecule has 36 valence electrons. The van der Waals surface area contributed by atoms with Gasteiger partial charge in [-0.3, -0.25) is 4.21 Å². The van der Waals surface area contributed by atoms with Gasteiger partial charge in [0.25, 0.3) is 0 Å². The van der Waals surface area contributed by atoms with Gasteiger partial charge in [0.2, 0.25) is 0 Å². The fourth-order valence-corrected chi connectivity index (χ4v) is 0.0913. The third-order valence-electron chi connectivity index (χ3n) is 0.112. The van der Waals surface area contributed by atoms with Gasteiger partial charge in [0.15, 0.2) is 0 Å². The van der Waals surface area contributed by atoms with Gasteiger partial charge in [-0.25, -0.2) is 4.83 Å². The van der Waals surface area contributed by atoms with Crippen molar-refractivity contribution in [2.24, 2.45) is 5.29 Å². The average Bonchev–Trinajstić information content (AvgIpc) is 1.35. The zero-order valence-corrected chi connectivity index (χ0v) is 3.40. The van der Waals surface area contributed by atoms with Crippen molar-refractivity contribution in [2.45, 2.75) is 0 Å². The summed E-state index contributed by atoms with van der Waals surface area (Å²) in [6.45, 7) is 0. The Hall–Kier alpha value is -0.490. The van der Waals surface area contributed by atoms with Crippen LogP contribution >= 0.6 is 0 Å². The summed E-state index contributed by atoms with van der Waals surface area (Å²) in [5.41, 5.74) is 0. The van der Waals surface area contributed by atoms with Crippen LogP contribution in [0, 0.1) is 4.91 Å². The minimum Gasteiger partial charge on any atom is -0.754 e. The maximum absolute atomic E-state index is 9.19. The first kappa shape index (κ1) is 5.51. The average molecular weight is 109 g/mol. The molecule has 0 aliphatic rings. The number of nitroso groups, excluding NO2 is 1. The lowest BCUT2D eigenvalue weighted by Crippen LogP contribution is -2.05. The summed E-state index contributed by atoms with van der Waals surface area (Å²) >= 11 is -2.54. The van der Waals surface area contributed by atoms with Gasteiger partial charge in [-0.2, -0.15) is 0 Å². The van der Waals surface area contributed by atoms with Crippen LogP contribution < -0.4 is 4.83 Å². The van der Waals surface area contributed by atoms with Crippen LogP contribution in [-0.4, -0.2) is 8.76 Å². The summed E-state index contributed by atoms with van der Waals surface area (Å²) in [5.74, 6) is 0. The van der Waals surface area contributed by atoms with Gasteiger partial charge in [-0.15, -0.1) is 4.91 Å². The van der Waals surface area contributed by atoms with Crippen molar-refractivity contribution < 1.29 is 8.76 Å². The van der Waals surface area contributed by atoms with Gasteiger partial charge in [0.1, 0.15) is 0 Å². The molecule has 5 nitrogen and oxygen atoms in total. The molecule has 0 spiro atoms. The minimum absolute atomic E-state index is 1.19. The Morgan fingerprint density at radius 3 is 2.33 bits per heavy atom. The molecular formula is HN2O3S-. The summed E-state index contributed by atoms with van der Waals surface area (Å²) in [7, 11) is 0. The Labute approximate surface area is 36.1 Å². The standard InChI is InChI=1S/H2N2O3S/c3-1-2-6(4)5/h(H,2,3)(H,4,5)/p-1. The van der Waals surface area contributed by atoms with Gasteiger partial charge in [0, 0.05) is 0 Å². The second-order valence-corrected chi connectivity index (χ2v) is 1.07. The quantitative estimate of drug-likeness (QED) is 0.282. The molecule has 0 aromatic rings. The molecule has 0 heterocycles. The van der Waals surface area contributed by atoms with E-state index in [9.17, 15) is 8.76 Å². The van der Waals surface area contributed by atoms with Crippen LogP contribution in [0.4, 0.5) is 0 Å². The Kier molecular flexibility index (Phi) is 2.51. The van der Waals surface area contributed by atoms with Gasteiger partial charge >= 0.3 is 0 Å². The van der Waals surface area contributed by atoms with Crippen molar-refractivity contribution >= 4 is 11.3 Å². The molecule has 0 saturated carbocycles. The van der Waals surface area contributed by atoms with Crippen molar-refractivity contribution in [3.8, 4) is 0 Å². The summed E-state index contributed by atoms with van der Waals surface area (Å²) < 4.78 is 18.4. The van der Waals surface area contributed by atoms with Crippen LogP contribution in [0.1, 0.15) is 0 Å². The lowest BCUT2D eigenvalue weighted by atomic mass is 12.9. The molecule has 0 aromatic carbocycles. The van der Waals surface area contributed by atoms with Crippen LogP contribution in [0.2, 0.25) is 0 Å². The van der Waals surface area contributed by atoms with E-state index in [4.69, 9.17) is 4.91 Å². The highest BCUT2D eigenvalue weighted by Crippen LogP contribution is 1.56.